The molecule has 5 atom stereocenters. The number of rotatable bonds is 4. The number of hydrogen-bond donors (Lipinski definition) is 4. The lowest BCUT2D eigenvalue weighted by Crippen LogP contribution is -2.66. The van der Waals surface area contributed by atoms with Crippen LogP contribution in [0, 0.1) is 10.8 Å². The molecule has 2 rings (SSSR count). The van der Waals surface area contributed by atoms with Gasteiger partial charge in [0.05, 0.1) is 18.6 Å². The van der Waals surface area contributed by atoms with Gasteiger partial charge in [-0.25, -0.2) is 8.78 Å². The lowest BCUT2D eigenvalue weighted by atomic mass is 9.77. The Morgan fingerprint density at radius 3 is 2.27 bits per heavy atom. The molecule has 122 valence electrons. The second-order valence-corrected chi connectivity index (χ2v) is 5.07. The highest BCUT2D eigenvalue weighted by Gasteiger charge is 2.63. The number of aromatic hydroxyl groups is 1. The van der Waals surface area contributed by atoms with Crippen LogP contribution >= 0.6 is 0 Å². The zero-order valence-electron chi connectivity index (χ0n) is 11.2. The third kappa shape index (κ3) is 2.74. The van der Waals surface area contributed by atoms with Crippen LogP contribution in [0.4, 0.5) is 8.78 Å². The van der Waals surface area contributed by atoms with Crippen molar-refractivity contribution in [3.8, 4) is 11.5 Å². The first-order valence-corrected chi connectivity index (χ1v) is 6.46. The highest BCUT2D eigenvalue weighted by molar-refractivity contribution is 5.30. The summed E-state index contributed by atoms with van der Waals surface area (Å²) < 4.78 is 33.8. The van der Waals surface area contributed by atoms with Gasteiger partial charge in [-0.2, -0.15) is 4.91 Å². The van der Waals surface area contributed by atoms with E-state index in [1.807, 2.05) is 0 Å². The normalized spacial score (nSPS) is 34.1. The molecular formula is C13H15F2NO6. The van der Waals surface area contributed by atoms with Crippen molar-refractivity contribution in [3.05, 3.63) is 29.2 Å². The topological polar surface area (TPSA) is 120 Å². The summed E-state index contributed by atoms with van der Waals surface area (Å²) in [5.41, 5.74) is 0. The van der Waals surface area contributed by atoms with Gasteiger partial charge in [0.25, 0.3) is 5.92 Å². The van der Waals surface area contributed by atoms with E-state index in [1.165, 1.54) is 24.3 Å². The van der Waals surface area contributed by atoms with Crippen molar-refractivity contribution in [1.82, 2.24) is 0 Å². The molecular weight excluding hydrogens is 304 g/mol. The van der Waals surface area contributed by atoms with Gasteiger partial charge in [-0.1, -0.05) is 5.18 Å². The fourth-order valence-corrected chi connectivity index (χ4v) is 2.45. The minimum atomic E-state index is -3.80. The predicted octanol–water partition coefficient (Wildman–Crippen LogP) is 0.254. The quantitative estimate of drug-likeness (QED) is 0.591. The van der Waals surface area contributed by atoms with Crippen molar-refractivity contribution in [2.75, 3.05) is 6.61 Å². The number of nitroso groups, excluding NO2 is 1. The Balaban J connectivity index is 2.35. The van der Waals surface area contributed by atoms with E-state index in [-0.39, 0.29) is 11.5 Å². The fourth-order valence-electron chi connectivity index (χ4n) is 2.45. The molecule has 7 nitrogen and oxygen atoms in total. The highest BCUT2D eigenvalue weighted by Crippen LogP contribution is 2.42. The van der Waals surface area contributed by atoms with Crippen LogP contribution in [0.1, 0.15) is 0 Å². The number of aliphatic hydroxyl groups excluding tert-OH is 3. The van der Waals surface area contributed by atoms with Crippen molar-refractivity contribution in [1.29, 1.82) is 0 Å². The molecule has 1 aromatic carbocycles. The maximum atomic E-state index is 14.4. The number of aliphatic hydroxyl groups is 3. The molecule has 1 aromatic rings. The zero-order chi connectivity index (χ0) is 16.5. The summed E-state index contributed by atoms with van der Waals surface area (Å²) in [4.78, 5) is 10.8. The third-order valence-corrected chi connectivity index (χ3v) is 3.71. The first kappa shape index (κ1) is 16.5. The Hall–Kier alpha value is -1.84. The molecule has 0 radical (unpaired) electrons. The van der Waals surface area contributed by atoms with Crippen LogP contribution in [-0.2, 0) is 0 Å². The molecule has 0 heterocycles. The van der Waals surface area contributed by atoms with Gasteiger partial charge >= 0.3 is 0 Å². The van der Waals surface area contributed by atoms with E-state index >= 15 is 0 Å². The lowest BCUT2D eigenvalue weighted by Gasteiger charge is -2.44. The number of nitrogens with zero attached hydrogens (tertiary/aromatic N) is 1. The Morgan fingerprint density at radius 2 is 1.77 bits per heavy atom. The summed E-state index contributed by atoms with van der Waals surface area (Å²) in [6.45, 7) is -1.10. The molecule has 1 saturated carbocycles. The summed E-state index contributed by atoms with van der Waals surface area (Å²) in [6.07, 6.45) is -6.07. The number of alkyl halides is 2. The highest BCUT2D eigenvalue weighted by atomic mass is 19.3. The molecule has 1 aliphatic rings. The number of phenols is 1. The number of ether oxygens (including phenoxy) is 1. The summed E-state index contributed by atoms with van der Waals surface area (Å²) in [7, 11) is 0. The van der Waals surface area contributed by atoms with Crippen molar-refractivity contribution in [3.63, 3.8) is 0 Å². The Kier molecular flexibility index (Phi) is 4.59. The van der Waals surface area contributed by atoms with Crippen molar-refractivity contribution >= 4 is 0 Å². The summed E-state index contributed by atoms with van der Waals surface area (Å²) in [5.74, 6) is -6.00. The maximum absolute atomic E-state index is 14.4. The Labute approximate surface area is 123 Å². The molecule has 0 spiro atoms. The summed E-state index contributed by atoms with van der Waals surface area (Å²) in [6, 6.07) is 2.85. The van der Waals surface area contributed by atoms with Gasteiger partial charge < -0.3 is 25.2 Å². The van der Waals surface area contributed by atoms with Gasteiger partial charge in [0.15, 0.2) is 12.1 Å². The first-order chi connectivity index (χ1) is 10.3. The molecule has 0 amide bonds. The van der Waals surface area contributed by atoms with Crippen LogP contribution in [0.15, 0.2) is 29.4 Å². The summed E-state index contributed by atoms with van der Waals surface area (Å²) in [5, 5.41) is 40.0. The number of benzene rings is 1. The molecule has 0 saturated heterocycles. The molecule has 0 unspecified atom stereocenters. The standard InChI is InChI=1S/C13H15F2NO6/c14-13(15)8(5-17)10(19)11(20)9(16-21)12(13)22-7-3-1-6(18)2-4-7/h1-4,8-12,17-20H,5H2/t8-,9-,10-,11-,12-/m1/s1. The predicted molar refractivity (Wildman–Crippen MR) is 69.6 cm³/mol. The number of halogens is 2. The van der Waals surface area contributed by atoms with Crippen LogP contribution in [0.2, 0.25) is 0 Å². The minimum absolute atomic E-state index is 0.0867. The average Bonchev–Trinajstić information content (AvgIpc) is 2.48. The van der Waals surface area contributed by atoms with Gasteiger partial charge in [0.2, 0.25) is 0 Å². The van der Waals surface area contributed by atoms with E-state index in [0.717, 1.165) is 0 Å². The molecule has 0 bridgehead atoms. The van der Waals surface area contributed by atoms with Crippen LogP contribution in [0.25, 0.3) is 0 Å². The molecule has 4 N–H and O–H groups in total. The Bertz CT molecular complexity index is 526. The van der Waals surface area contributed by atoms with Crippen molar-refractivity contribution < 1.29 is 33.9 Å². The average molecular weight is 319 g/mol. The third-order valence-electron chi connectivity index (χ3n) is 3.71. The SMILES string of the molecule is O=N[C@@H]1[C@@H](O)[C@H](O)[C@@H](CO)C(F)(F)[C@@H]1Oc1ccc(O)cc1. The molecule has 0 aliphatic heterocycles. The van der Waals surface area contributed by atoms with E-state index in [1.54, 1.807) is 0 Å². The van der Waals surface area contributed by atoms with E-state index < -0.39 is 42.8 Å². The van der Waals surface area contributed by atoms with Crippen molar-refractivity contribution in [2.45, 2.75) is 30.3 Å². The second-order valence-electron chi connectivity index (χ2n) is 5.07. The van der Waals surface area contributed by atoms with Gasteiger partial charge in [0.1, 0.15) is 17.6 Å². The molecule has 1 aliphatic carbocycles. The van der Waals surface area contributed by atoms with Gasteiger partial charge in [-0.05, 0) is 24.3 Å². The smallest absolute Gasteiger partial charge is 0.294 e. The first-order valence-electron chi connectivity index (χ1n) is 6.46. The van der Waals surface area contributed by atoms with E-state index in [9.17, 15) is 23.9 Å². The maximum Gasteiger partial charge on any atom is 0.294 e. The number of phenolic OH excluding ortho intramolecular Hbond substituents is 1. The zero-order valence-corrected chi connectivity index (χ0v) is 11.2. The molecule has 9 heteroatoms. The van der Waals surface area contributed by atoms with Crippen molar-refractivity contribution in [2.24, 2.45) is 11.1 Å². The second kappa shape index (κ2) is 6.11. The van der Waals surface area contributed by atoms with Crippen LogP contribution in [0.3, 0.4) is 0 Å². The molecule has 1 fully saturated rings. The van der Waals surface area contributed by atoms with Crippen LogP contribution in [0.5, 0.6) is 11.5 Å². The molecule has 22 heavy (non-hydrogen) atoms. The van der Waals surface area contributed by atoms with Crippen LogP contribution < -0.4 is 4.74 Å². The lowest BCUT2D eigenvalue weighted by molar-refractivity contribution is -0.235. The van der Waals surface area contributed by atoms with Crippen LogP contribution in [-0.4, -0.2) is 57.3 Å². The summed E-state index contributed by atoms with van der Waals surface area (Å²) >= 11 is 0. The minimum Gasteiger partial charge on any atom is -0.508 e. The van der Waals surface area contributed by atoms with Gasteiger partial charge in [-0.3, -0.25) is 0 Å². The fraction of sp³-hybridized carbons (Fsp3) is 0.538. The van der Waals surface area contributed by atoms with E-state index in [0.29, 0.717) is 0 Å². The van der Waals surface area contributed by atoms with Gasteiger partial charge in [-0.15, -0.1) is 0 Å². The van der Waals surface area contributed by atoms with Gasteiger partial charge in [0, 0.05) is 0 Å². The van der Waals surface area contributed by atoms with E-state index in [2.05, 4.69) is 5.18 Å². The largest absolute Gasteiger partial charge is 0.508 e. The monoisotopic (exact) mass is 319 g/mol. The molecule has 0 aromatic heterocycles. The Morgan fingerprint density at radius 1 is 1.18 bits per heavy atom. The van der Waals surface area contributed by atoms with E-state index in [4.69, 9.17) is 14.9 Å². The number of hydrogen-bond acceptors (Lipinski definition) is 7.